The van der Waals surface area contributed by atoms with Crippen LogP contribution in [0.15, 0.2) is 16.9 Å². The van der Waals surface area contributed by atoms with Gasteiger partial charge in [0.25, 0.3) is 0 Å². The molecule has 7 nitrogen and oxygen atoms in total. The van der Waals surface area contributed by atoms with Crippen molar-refractivity contribution in [1.82, 2.24) is 9.97 Å². The predicted octanol–water partition coefficient (Wildman–Crippen LogP) is 1.03. The van der Waals surface area contributed by atoms with E-state index in [1.165, 1.54) is 0 Å². The third kappa shape index (κ3) is 1.83. The highest BCUT2D eigenvalue weighted by Gasteiger charge is 2.22. The summed E-state index contributed by atoms with van der Waals surface area (Å²) in [4.78, 5) is 24.9. The third-order valence-electron chi connectivity index (χ3n) is 2.47. The van der Waals surface area contributed by atoms with Crippen molar-refractivity contribution in [3.8, 4) is 0 Å². The van der Waals surface area contributed by atoms with Crippen molar-refractivity contribution in [1.29, 1.82) is 0 Å². The quantitative estimate of drug-likeness (QED) is 0.647. The molecule has 3 rings (SSSR count). The van der Waals surface area contributed by atoms with Gasteiger partial charge in [0, 0.05) is 0 Å². The van der Waals surface area contributed by atoms with Crippen molar-refractivity contribution >= 4 is 35.9 Å². The SMILES string of the molecule is O=Cc1c(Cl)nc(N2COC2)nc1NC1=CN=C1. The largest absolute Gasteiger partial charge is 0.340 e. The van der Waals surface area contributed by atoms with Crippen LogP contribution in [0.3, 0.4) is 0 Å². The summed E-state index contributed by atoms with van der Waals surface area (Å²) in [5, 5.41) is 3.07. The van der Waals surface area contributed by atoms with Gasteiger partial charge >= 0.3 is 0 Å². The van der Waals surface area contributed by atoms with Crippen LogP contribution in [0.5, 0.6) is 0 Å². The van der Waals surface area contributed by atoms with Crippen LogP contribution in [-0.2, 0) is 4.74 Å². The topological polar surface area (TPSA) is 79.7 Å². The minimum Gasteiger partial charge on any atom is -0.340 e. The molecule has 92 valence electrons. The Bertz CT molecular complexity index is 568. The lowest BCUT2D eigenvalue weighted by Crippen LogP contribution is -2.41. The summed E-state index contributed by atoms with van der Waals surface area (Å²) in [6.07, 6.45) is 3.87. The molecule has 0 saturated carbocycles. The molecule has 0 aliphatic carbocycles. The van der Waals surface area contributed by atoms with Gasteiger partial charge in [-0.2, -0.15) is 9.97 Å². The fourth-order valence-corrected chi connectivity index (χ4v) is 1.63. The molecule has 18 heavy (non-hydrogen) atoms. The molecule has 1 aromatic rings. The van der Waals surface area contributed by atoms with E-state index in [0.29, 0.717) is 31.5 Å². The fraction of sp³-hybridized carbons (Fsp3) is 0.200. The summed E-state index contributed by atoms with van der Waals surface area (Å²) in [5.74, 6) is 0.792. The highest BCUT2D eigenvalue weighted by molar-refractivity contribution is 6.32. The maximum Gasteiger partial charge on any atom is 0.232 e. The molecule has 0 bridgehead atoms. The standard InChI is InChI=1S/C10H8ClN5O2/c11-8-7(3-17)9(13-6-1-12-2-6)15-10(14-8)16-4-18-5-16/h1-3H,4-5H2,(H,13,14,15). The lowest BCUT2D eigenvalue weighted by molar-refractivity contribution is 0.0385. The molecule has 0 atom stereocenters. The zero-order valence-corrected chi connectivity index (χ0v) is 9.89. The number of aliphatic imine (C=N–C) groups is 1. The van der Waals surface area contributed by atoms with Gasteiger partial charge in [-0.15, -0.1) is 0 Å². The number of aromatic nitrogens is 2. The van der Waals surface area contributed by atoms with E-state index in [4.69, 9.17) is 16.3 Å². The molecule has 8 heteroatoms. The van der Waals surface area contributed by atoms with Gasteiger partial charge in [0.05, 0.1) is 23.7 Å². The van der Waals surface area contributed by atoms with E-state index in [2.05, 4.69) is 20.3 Å². The van der Waals surface area contributed by atoms with E-state index >= 15 is 0 Å². The number of halogens is 1. The number of anilines is 2. The monoisotopic (exact) mass is 265 g/mol. The lowest BCUT2D eigenvalue weighted by Gasteiger charge is -2.31. The van der Waals surface area contributed by atoms with Crippen LogP contribution in [0.2, 0.25) is 5.15 Å². The molecule has 1 aromatic heterocycles. The van der Waals surface area contributed by atoms with Crippen molar-refractivity contribution < 1.29 is 9.53 Å². The minimum absolute atomic E-state index is 0.112. The van der Waals surface area contributed by atoms with Crippen LogP contribution in [-0.4, -0.2) is 35.9 Å². The smallest absolute Gasteiger partial charge is 0.232 e. The Morgan fingerprint density at radius 3 is 2.72 bits per heavy atom. The molecule has 0 spiro atoms. The van der Waals surface area contributed by atoms with Crippen molar-refractivity contribution in [2.75, 3.05) is 23.7 Å². The van der Waals surface area contributed by atoms with Crippen molar-refractivity contribution in [2.24, 2.45) is 4.99 Å². The molecule has 0 amide bonds. The second-order valence-corrected chi connectivity index (χ2v) is 4.04. The van der Waals surface area contributed by atoms with Crippen molar-refractivity contribution in [2.45, 2.75) is 0 Å². The van der Waals surface area contributed by atoms with Gasteiger partial charge in [-0.3, -0.25) is 14.7 Å². The molecule has 1 N–H and O–H groups in total. The van der Waals surface area contributed by atoms with Gasteiger partial charge in [-0.25, -0.2) is 0 Å². The summed E-state index contributed by atoms with van der Waals surface area (Å²) >= 11 is 5.96. The van der Waals surface area contributed by atoms with Gasteiger partial charge in [-0.05, 0) is 0 Å². The fourth-order valence-electron chi connectivity index (χ4n) is 1.42. The maximum absolute atomic E-state index is 11.0. The van der Waals surface area contributed by atoms with E-state index < -0.39 is 0 Å². The number of carbonyl (C=O) groups excluding carboxylic acids is 1. The number of hydrogen-bond donors (Lipinski definition) is 1. The van der Waals surface area contributed by atoms with Gasteiger partial charge in [0.1, 0.15) is 24.4 Å². The van der Waals surface area contributed by atoms with Crippen LogP contribution in [0.4, 0.5) is 11.8 Å². The summed E-state index contributed by atoms with van der Waals surface area (Å²) in [6, 6.07) is 0. The first-order valence-electron chi connectivity index (χ1n) is 5.13. The first-order chi connectivity index (χ1) is 8.78. The zero-order valence-electron chi connectivity index (χ0n) is 9.13. The van der Waals surface area contributed by atoms with Crippen LogP contribution >= 0.6 is 11.6 Å². The van der Waals surface area contributed by atoms with Crippen molar-refractivity contribution in [3.05, 3.63) is 22.6 Å². The second kappa shape index (κ2) is 4.35. The van der Waals surface area contributed by atoms with E-state index in [1.807, 2.05) is 0 Å². The number of aldehydes is 1. The van der Waals surface area contributed by atoms with Crippen LogP contribution in [0.25, 0.3) is 0 Å². The Morgan fingerprint density at radius 1 is 1.44 bits per heavy atom. The van der Waals surface area contributed by atoms with Crippen LogP contribution in [0.1, 0.15) is 10.4 Å². The van der Waals surface area contributed by atoms with E-state index in [-0.39, 0.29) is 10.7 Å². The van der Waals surface area contributed by atoms with Crippen molar-refractivity contribution in [3.63, 3.8) is 0 Å². The Kier molecular flexibility index (Phi) is 2.69. The Hall–Kier alpha value is -1.99. The summed E-state index contributed by atoms with van der Waals surface area (Å²) in [7, 11) is 0. The van der Waals surface area contributed by atoms with Gasteiger partial charge in [0.15, 0.2) is 6.29 Å². The molecular formula is C10H8ClN5O2. The molecular weight excluding hydrogens is 258 g/mol. The minimum atomic E-state index is 0.112. The highest BCUT2D eigenvalue weighted by Crippen LogP contribution is 2.25. The Labute approximate surface area is 107 Å². The molecule has 0 radical (unpaired) electrons. The highest BCUT2D eigenvalue weighted by atomic mass is 35.5. The number of rotatable bonds is 4. The number of allylic oxidation sites excluding steroid dienone is 1. The number of ether oxygens (including phenoxy) is 1. The Balaban J connectivity index is 1.96. The zero-order chi connectivity index (χ0) is 12.5. The molecule has 1 fully saturated rings. The van der Waals surface area contributed by atoms with E-state index in [0.717, 1.165) is 5.70 Å². The number of carbonyl (C=O) groups is 1. The normalized spacial score (nSPS) is 16.7. The number of nitrogens with zero attached hydrogens (tertiary/aromatic N) is 4. The van der Waals surface area contributed by atoms with E-state index in [9.17, 15) is 4.79 Å². The molecule has 2 aliphatic rings. The van der Waals surface area contributed by atoms with Gasteiger partial charge in [-0.1, -0.05) is 11.6 Å². The molecule has 0 aromatic carbocycles. The third-order valence-corrected chi connectivity index (χ3v) is 2.76. The van der Waals surface area contributed by atoms with Gasteiger partial charge < -0.3 is 10.1 Å². The predicted molar refractivity (Wildman–Crippen MR) is 65.9 cm³/mol. The first-order valence-corrected chi connectivity index (χ1v) is 5.51. The second-order valence-electron chi connectivity index (χ2n) is 3.68. The lowest BCUT2D eigenvalue weighted by atomic mass is 10.3. The van der Waals surface area contributed by atoms with Crippen LogP contribution in [0, 0.1) is 0 Å². The Morgan fingerprint density at radius 2 is 2.22 bits per heavy atom. The maximum atomic E-state index is 11.0. The number of nitrogens with one attached hydrogen (secondary N) is 1. The van der Waals surface area contributed by atoms with Gasteiger partial charge in [0.2, 0.25) is 5.95 Å². The molecule has 2 aliphatic heterocycles. The molecule has 0 unspecified atom stereocenters. The molecule has 3 heterocycles. The number of hydrogen-bond acceptors (Lipinski definition) is 7. The average molecular weight is 266 g/mol. The summed E-state index contributed by atoms with van der Waals surface area (Å²) in [6.45, 7) is 0.834. The summed E-state index contributed by atoms with van der Waals surface area (Å²) < 4.78 is 5.02. The first kappa shape index (κ1) is 11.1. The summed E-state index contributed by atoms with van der Waals surface area (Å²) in [5.41, 5.74) is 0.988. The van der Waals surface area contributed by atoms with Crippen LogP contribution < -0.4 is 10.2 Å². The van der Waals surface area contributed by atoms with E-state index in [1.54, 1.807) is 17.3 Å². The average Bonchev–Trinajstić information content (AvgIpc) is 2.20. The molecule has 1 saturated heterocycles.